The minimum Gasteiger partial charge on any atom is -0.353 e. The molecule has 1 aromatic carbocycles. The zero-order chi connectivity index (χ0) is 19.5. The minimum absolute atomic E-state index is 0.0513. The molecule has 2 aliphatic heterocycles. The first-order valence-corrected chi connectivity index (χ1v) is 11.0. The molecule has 0 bridgehead atoms. The van der Waals surface area contributed by atoms with E-state index in [1.54, 1.807) is 4.90 Å². The summed E-state index contributed by atoms with van der Waals surface area (Å²) in [5.41, 5.74) is 2.06. The van der Waals surface area contributed by atoms with Crippen LogP contribution in [0.3, 0.4) is 0 Å². The van der Waals surface area contributed by atoms with Crippen LogP contribution in [0.15, 0.2) is 24.3 Å². The first kappa shape index (κ1) is 19.4. The van der Waals surface area contributed by atoms with E-state index >= 15 is 0 Å². The molecule has 2 saturated heterocycles. The third kappa shape index (κ3) is 4.57. The molecule has 2 heterocycles. The monoisotopic (exact) mass is 383 g/mol. The van der Waals surface area contributed by atoms with Gasteiger partial charge in [0.05, 0.1) is 5.92 Å². The first-order chi connectivity index (χ1) is 13.6. The smallest absolute Gasteiger partial charge is 0.227 e. The van der Waals surface area contributed by atoms with Crippen LogP contribution in [0.25, 0.3) is 0 Å². The van der Waals surface area contributed by atoms with E-state index in [9.17, 15) is 9.59 Å². The van der Waals surface area contributed by atoms with Crippen molar-refractivity contribution in [3.8, 4) is 0 Å². The second-order valence-electron chi connectivity index (χ2n) is 8.97. The van der Waals surface area contributed by atoms with Gasteiger partial charge in [0.2, 0.25) is 11.8 Å². The summed E-state index contributed by atoms with van der Waals surface area (Å²) < 4.78 is 0. The highest BCUT2D eigenvalue weighted by Crippen LogP contribution is 2.27. The van der Waals surface area contributed by atoms with Crippen LogP contribution >= 0.6 is 0 Å². The van der Waals surface area contributed by atoms with Gasteiger partial charge in [-0.25, -0.2) is 0 Å². The number of carbonyl (C=O) groups is 2. The molecule has 3 fully saturated rings. The molecule has 0 spiro atoms. The maximum atomic E-state index is 12.7. The molecule has 1 N–H and O–H groups in total. The number of aryl methyl sites for hydroxylation is 1. The fourth-order valence-electron chi connectivity index (χ4n) is 4.99. The Bertz CT molecular complexity index is 688. The van der Waals surface area contributed by atoms with E-state index in [2.05, 4.69) is 10.2 Å². The molecule has 0 aromatic heterocycles. The number of nitrogens with one attached hydrogen (secondary N) is 1. The summed E-state index contributed by atoms with van der Waals surface area (Å²) >= 11 is 0. The molecule has 4 rings (SSSR count). The van der Waals surface area contributed by atoms with Crippen LogP contribution in [-0.2, 0) is 9.59 Å². The summed E-state index contributed by atoms with van der Waals surface area (Å²) in [6.07, 6.45) is 7.96. The third-order valence-corrected chi connectivity index (χ3v) is 6.77. The second kappa shape index (κ2) is 8.64. The maximum Gasteiger partial charge on any atom is 0.227 e. The third-order valence-electron chi connectivity index (χ3n) is 6.77. The van der Waals surface area contributed by atoms with Crippen molar-refractivity contribution in [3.05, 3.63) is 29.8 Å². The Kier molecular flexibility index (Phi) is 6.00. The first-order valence-electron chi connectivity index (χ1n) is 11.0. The van der Waals surface area contributed by atoms with Crippen molar-refractivity contribution in [1.82, 2.24) is 10.2 Å². The van der Waals surface area contributed by atoms with Gasteiger partial charge in [0.15, 0.2) is 0 Å². The minimum atomic E-state index is -0.231. The van der Waals surface area contributed by atoms with Crippen LogP contribution < -0.4 is 10.2 Å². The van der Waals surface area contributed by atoms with Gasteiger partial charge in [-0.05, 0) is 50.7 Å². The molecular weight excluding hydrogens is 350 g/mol. The summed E-state index contributed by atoms with van der Waals surface area (Å²) in [5.74, 6) is 0.765. The summed E-state index contributed by atoms with van der Waals surface area (Å²) in [4.78, 5) is 29.5. The number of anilines is 1. The summed E-state index contributed by atoms with van der Waals surface area (Å²) in [6.45, 7) is 5.93. The normalized spacial score (nSPS) is 24.8. The number of likely N-dealkylation sites (tertiary alicyclic amines) is 1. The average Bonchev–Trinajstić information content (AvgIpc) is 3.34. The van der Waals surface area contributed by atoms with E-state index in [-0.39, 0.29) is 23.8 Å². The van der Waals surface area contributed by atoms with Crippen molar-refractivity contribution in [1.29, 1.82) is 0 Å². The van der Waals surface area contributed by atoms with Crippen molar-refractivity contribution >= 4 is 17.5 Å². The second-order valence-corrected chi connectivity index (χ2v) is 8.97. The van der Waals surface area contributed by atoms with Gasteiger partial charge in [0, 0.05) is 44.3 Å². The fraction of sp³-hybridized carbons (Fsp3) is 0.652. The summed E-state index contributed by atoms with van der Waals surface area (Å²) in [6, 6.07) is 8.21. The lowest BCUT2D eigenvalue weighted by Gasteiger charge is -2.34. The van der Waals surface area contributed by atoms with E-state index < -0.39 is 0 Å². The van der Waals surface area contributed by atoms with E-state index in [1.165, 1.54) is 37.8 Å². The van der Waals surface area contributed by atoms with Crippen LogP contribution in [0.5, 0.6) is 0 Å². The van der Waals surface area contributed by atoms with Gasteiger partial charge in [0.25, 0.3) is 0 Å². The van der Waals surface area contributed by atoms with Crippen molar-refractivity contribution in [3.63, 3.8) is 0 Å². The Labute approximate surface area is 168 Å². The highest BCUT2D eigenvalue weighted by molar-refractivity contribution is 6.00. The van der Waals surface area contributed by atoms with Crippen LogP contribution in [0.4, 0.5) is 5.69 Å². The summed E-state index contributed by atoms with van der Waals surface area (Å²) in [5, 5.41) is 3.23. The molecular formula is C23H33N3O2. The Morgan fingerprint density at radius 3 is 2.43 bits per heavy atom. The standard InChI is InChI=1S/C23H33N3O2/c1-17-6-8-21(9-7-17)26-16-19(14-22(26)27)23(28)24-20-10-12-25(13-11-20)15-18-4-2-3-5-18/h6-9,18-20H,2-5,10-16H2,1H3,(H,24,28)/t19-/m0/s1. The van der Waals surface area contributed by atoms with E-state index in [1.807, 2.05) is 31.2 Å². The Balaban J connectivity index is 1.24. The molecule has 1 aromatic rings. The summed E-state index contributed by atoms with van der Waals surface area (Å²) in [7, 11) is 0. The molecule has 1 atom stereocenters. The number of hydrogen-bond donors (Lipinski definition) is 1. The lowest BCUT2D eigenvalue weighted by molar-refractivity contribution is -0.127. The quantitative estimate of drug-likeness (QED) is 0.850. The molecule has 0 radical (unpaired) electrons. The Morgan fingerprint density at radius 2 is 1.75 bits per heavy atom. The van der Waals surface area contributed by atoms with E-state index in [4.69, 9.17) is 0 Å². The molecule has 5 nitrogen and oxygen atoms in total. The molecule has 3 aliphatic rings. The average molecular weight is 384 g/mol. The van der Waals surface area contributed by atoms with Gasteiger partial charge in [-0.2, -0.15) is 0 Å². The fourth-order valence-corrected chi connectivity index (χ4v) is 4.99. The zero-order valence-corrected chi connectivity index (χ0v) is 17.0. The van der Waals surface area contributed by atoms with Gasteiger partial charge in [0.1, 0.15) is 0 Å². The Morgan fingerprint density at radius 1 is 1.07 bits per heavy atom. The molecule has 1 aliphatic carbocycles. The number of carbonyl (C=O) groups excluding carboxylic acids is 2. The Hall–Kier alpha value is -1.88. The van der Waals surface area contributed by atoms with E-state index in [0.29, 0.717) is 13.0 Å². The predicted molar refractivity (Wildman–Crippen MR) is 111 cm³/mol. The van der Waals surface area contributed by atoms with Gasteiger partial charge in [-0.1, -0.05) is 30.5 Å². The predicted octanol–water partition coefficient (Wildman–Crippen LogP) is 3.12. The van der Waals surface area contributed by atoms with Crippen LogP contribution in [0.1, 0.15) is 50.5 Å². The van der Waals surface area contributed by atoms with Gasteiger partial charge < -0.3 is 15.1 Å². The SMILES string of the molecule is Cc1ccc(N2C[C@@H](C(=O)NC3CCN(CC4CCCC4)CC3)CC2=O)cc1. The van der Waals surface area contributed by atoms with E-state index in [0.717, 1.165) is 37.5 Å². The van der Waals surface area contributed by atoms with Gasteiger partial charge >= 0.3 is 0 Å². The van der Waals surface area contributed by atoms with Crippen LogP contribution in [0, 0.1) is 18.8 Å². The number of piperidine rings is 1. The van der Waals surface area contributed by atoms with Crippen molar-refractivity contribution in [2.75, 3.05) is 31.1 Å². The number of rotatable bonds is 5. The molecule has 28 heavy (non-hydrogen) atoms. The maximum absolute atomic E-state index is 12.7. The lowest BCUT2D eigenvalue weighted by atomic mass is 10.0. The molecule has 152 valence electrons. The molecule has 2 amide bonds. The topological polar surface area (TPSA) is 52.7 Å². The highest BCUT2D eigenvalue weighted by Gasteiger charge is 2.36. The zero-order valence-electron chi connectivity index (χ0n) is 17.0. The number of amides is 2. The molecule has 1 saturated carbocycles. The van der Waals surface area contributed by atoms with Crippen molar-refractivity contribution < 1.29 is 9.59 Å². The van der Waals surface area contributed by atoms with Crippen LogP contribution in [-0.4, -0.2) is 48.9 Å². The van der Waals surface area contributed by atoms with Crippen LogP contribution in [0.2, 0.25) is 0 Å². The van der Waals surface area contributed by atoms with Crippen molar-refractivity contribution in [2.45, 2.75) is 57.9 Å². The number of benzene rings is 1. The largest absolute Gasteiger partial charge is 0.353 e. The highest BCUT2D eigenvalue weighted by atomic mass is 16.2. The molecule has 5 heteroatoms. The number of nitrogens with zero attached hydrogens (tertiary/aromatic N) is 2. The molecule has 0 unspecified atom stereocenters. The lowest BCUT2D eigenvalue weighted by Crippen LogP contribution is -2.47. The van der Waals surface area contributed by atoms with Gasteiger partial charge in [-0.15, -0.1) is 0 Å². The number of hydrogen-bond acceptors (Lipinski definition) is 3. The van der Waals surface area contributed by atoms with Crippen molar-refractivity contribution in [2.24, 2.45) is 11.8 Å². The van der Waals surface area contributed by atoms with Gasteiger partial charge in [-0.3, -0.25) is 9.59 Å².